The molecule has 0 radical (unpaired) electrons. The Morgan fingerprint density at radius 1 is 1.44 bits per heavy atom. The molecule has 2 N–H and O–H groups in total. The second kappa shape index (κ2) is 8.33. The summed E-state index contributed by atoms with van der Waals surface area (Å²) in [5.74, 6) is 1.45. The highest BCUT2D eigenvalue weighted by Gasteiger charge is 2.03. The van der Waals surface area contributed by atoms with Gasteiger partial charge in [-0.15, -0.1) is 0 Å². The number of pyridine rings is 1. The van der Waals surface area contributed by atoms with Gasteiger partial charge in [0.15, 0.2) is 5.96 Å². The largest absolute Gasteiger partial charge is 0.481 e. The number of aliphatic imine (C=N–C) groups is 1. The predicted molar refractivity (Wildman–Crippen MR) is 73.9 cm³/mol. The molecule has 0 amide bonds. The zero-order valence-electron chi connectivity index (χ0n) is 11.4. The standard InChI is InChI=1S/C13H22N4O/c1-4-5-8-16-13(14-2)17-10-11-7-6-9-15-12(11)18-3/h6-7,9H,4-5,8,10H2,1-3H3,(H2,14,16,17). The van der Waals surface area contributed by atoms with E-state index in [1.54, 1.807) is 20.4 Å². The molecule has 0 unspecified atom stereocenters. The van der Waals surface area contributed by atoms with Crippen LogP contribution in [0.25, 0.3) is 0 Å². The van der Waals surface area contributed by atoms with Crippen molar-refractivity contribution in [2.45, 2.75) is 26.3 Å². The molecule has 0 fully saturated rings. The maximum Gasteiger partial charge on any atom is 0.218 e. The van der Waals surface area contributed by atoms with Crippen molar-refractivity contribution in [1.82, 2.24) is 15.6 Å². The second-order valence-electron chi connectivity index (χ2n) is 3.88. The topological polar surface area (TPSA) is 58.5 Å². The van der Waals surface area contributed by atoms with Gasteiger partial charge in [-0.05, 0) is 12.5 Å². The summed E-state index contributed by atoms with van der Waals surface area (Å²) in [4.78, 5) is 8.32. The number of hydrogen-bond acceptors (Lipinski definition) is 3. The molecule has 0 spiro atoms. The number of ether oxygens (including phenoxy) is 1. The molecule has 5 heteroatoms. The van der Waals surface area contributed by atoms with E-state index >= 15 is 0 Å². The highest BCUT2D eigenvalue weighted by molar-refractivity contribution is 5.79. The maximum atomic E-state index is 5.20. The Morgan fingerprint density at radius 2 is 2.28 bits per heavy atom. The molecule has 18 heavy (non-hydrogen) atoms. The normalized spacial score (nSPS) is 11.2. The van der Waals surface area contributed by atoms with Crippen LogP contribution in [-0.4, -0.2) is 31.6 Å². The minimum atomic E-state index is 0.642. The van der Waals surface area contributed by atoms with Gasteiger partial charge in [-0.1, -0.05) is 19.4 Å². The number of rotatable bonds is 6. The van der Waals surface area contributed by atoms with Gasteiger partial charge in [0.25, 0.3) is 0 Å². The van der Waals surface area contributed by atoms with E-state index in [2.05, 4.69) is 27.5 Å². The van der Waals surface area contributed by atoms with Crippen LogP contribution < -0.4 is 15.4 Å². The summed E-state index contributed by atoms with van der Waals surface area (Å²) in [5.41, 5.74) is 1.01. The van der Waals surface area contributed by atoms with Gasteiger partial charge in [0.1, 0.15) is 0 Å². The Balaban J connectivity index is 2.47. The minimum absolute atomic E-state index is 0.642. The zero-order valence-corrected chi connectivity index (χ0v) is 11.4. The first kappa shape index (κ1) is 14.3. The van der Waals surface area contributed by atoms with E-state index in [0.29, 0.717) is 12.4 Å². The Bertz CT molecular complexity index is 379. The van der Waals surface area contributed by atoms with Crippen LogP contribution in [0.15, 0.2) is 23.3 Å². The van der Waals surface area contributed by atoms with Gasteiger partial charge in [-0.2, -0.15) is 0 Å². The molecule has 0 atom stereocenters. The molecule has 0 aliphatic rings. The first-order chi connectivity index (χ1) is 8.81. The summed E-state index contributed by atoms with van der Waals surface area (Å²) in [7, 11) is 3.39. The fourth-order valence-electron chi connectivity index (χ4n) is 1.53. The summed E-state index contributed by atoms with van der Waals surface area (Å²) < 4.78 is 5.20. The van der Waals surface area contributed by atoms with Crippen molar-refractivity contribution in [2.75, 3.05) is 20.7 Å². The van der Waals surface area contributed by atoms with Gasteiger partial charge in [0.05, 0.1) is 7.11 Å². The predicted octanol–water partition coefficient (Wildman–Crippen LogP) is 1.56. The van der Waals surface area contributed by atoms with Crippen molar-refractivity contribution in [3.05, 3.63) is 23.9 Å². The highest BCUT2D eigenvalue weighted by Crippen LogP contribution is 2.12. The molecule has 1 aromatic heterocycles. The van der Waals surface area contributed by atoms with E-state index < -0.39 is 0 Å². The number of hydrogen-bond donors (Lipinski definition) is 2. The lowest BCUT2D eigenvalue weighted by Crippen LogP contribution is -2.37. The van der Waals surface area contributed by atoms with Gasteiger partial charge in [0, 0.05) is 31.9 Å². The number of guanidine groups is 1. The summed E-state index contributed by atoms with van der Waals surface area (Å²) in [5, 5.41) is 6.49. The van der Waals surface area contributed by atoms with Gasteiger partial charge >= 0.3 is 0 Å². The number of aromatic nitrogens is 1. The summed E-state index contributed by atoms with van der Waals surface area (Å²) >= 11 is 0. The Labute approximate surface area is 109 Å². The quantitative estimate of drug-likeness (QED) is 0.457. The van der Waals surface area contributed by atoms with Crippen LogP contribution in [0.3, 0.4) is 0 Å². The molecule has 1 rings (SSSR count). The van der Waals surface area contributed by atoms with Gasteiger partial charge in [-0.25, -0.2) is 4.98 Å². The van der Waals surface area contributed by atoms with Gasteiger partial charge in [0.2, 0.25) is 5.88 Å². The van der Waals surface area contributed by atoms with E-state index in [0.717, 1.165) is 24.5 Å². The fraction of sp³-hybridized carbons (Fsp3) is 0.538. The SMILES string of the molecule is CCCCNC(=NC)NCc1cccnc1OC. The third kappa shape index (κ3) is 4.61. The first-order valence-corrected chi connectivity index (χ1v) is 6.24. The Kier molecular flexibility index (Phi) is 6.61. The van der Waals surface area contributed by atoms with Crippen LogP contribution in [0.5, 0.6) is 5.88 Å². The molecule has 0 bridgehead atoms. The zero-order chi connectivity index (χ0) is 13.2. The molecular weight excluding hydrogens is 228 g/mol. The third-order valence-corrected chi connectivity index (χ3v) is 2.54. The first-order valence-electron chi connectivity index (χ1n) is 6.24. The van der Waals surface area contributed by atoms with Crippen LogP contribution in [0.1, 0.15) is 25.3 Å². The number of methoxy groups -OCH3 is 1. The average Bonchev–Trinajstić information content (AvgIpc) is 2.43. The monoisotopic (exact) mass is 250 g/mol. The molecule has 0 aliphatic heterocycles. The van der Waals surface area contributed by atoms with Crippen molar-refractivity contribution in [3.63, 3.8) is 0 Å². The molecule has 0 saturated carbocycles. The van der Waals surface area contributed by atoms with Crippen LogP contribution in [-0.2, 0) is 6.54 Å². The van der Waals surface area contributed by atoms with Crippen molar-refractivity contribution in [1.29, 1.82) is 0 Å². The average molecular weight is 250 g/mol. The van der Waals surface area contributed by atoms with E-state index in [-0.39, 0.29) is 0 Å². The van der Waals surface area contributed by atoms with Crippen molar-refractivity contribution in [3.8, 4) is 5.88 Å². The molecule has 1 heterocycles. The summed E-state index contributed by atoms with van der Waals surface area (Å²) in [6, 6.07) is 3.88. The summed E-state index contributed by atoms with van der Waals surface area (Å²) in [6.45, 7) is 3.74. The molecular formula is C13H22N4O. The lowest BCUT2D eigenvalue weighted by Gasteiger charge is -2.12. The molecule has 5 nitrogen and oxygen atoms in total. The lowest BCUT2D eigenvalue weighted by molar-refractivity contribution is 0.392. The smallest absolute Gasteiger partial charge is 0.218 e. The number of nitrogens with one attached hydrogen (secondary N) is 2. The maximum absolute atomic E-state index is 5.20. The van der Waals surface area contributed by atoms with E-state index in [4.69, 9.17) is 4.74 Å². The Morgan fingerprint density at radius 3 is 2.94 bits per heavy atom. The highest BCUT2D eigenvalue weighted by atomic mass is 16.5. The molecule has 0 aliphatic carbocycles. The van der Waals surface area contributed by atoms with Crippen LogP contribution in [0, 0.1) is 0 Å². The number of nitrogens with zero attached hydrogens (tertiary/aromatic N) is 2. The Hall–Kier alpha value is -1.78. The van der Waals surface area contributed by atoms with Crippen molar-refractivity contribution >= 4 is 5.96 Å². The van der Waals surface area contributed by atoms with Gasteiger partial charge < -0.3 is 15.4 Å². The summed E-state index contributed by atoms with van der Waals surface area (Å²) in [6.07, 6.45) is 4.02. The van der Waals surface area contributed by atoms with Crippen LogP contribution in [0.4, 0.5) is 0 Å². The van der Waals surface area contributed by atoms with Crippen molar-refractivity contribution < 1.29 is 4.74 Å². The van der Waals surface area contributed by atoms with E-state index in [1.165, 1.54) is 6.42 Å². The van der Waals surface area contributed by atoms with Crippen LogP contribution in [0.2, 0.25) is 0 Å². The number of unbranched alkanes of at least 4 members (excludes halogenated alkanes) is 1. The molecule has 0 aromatic carbocycles. The third-order valence-electron chi connectivity index (χ3n) is 2.54. The van der Waals surface area contributed by atoms with Gasteiger partial charge in [-0.3, -0.25) is 4.99 Å². The van der Waals surface area contributed by atoms with Crippen LogP contribution >= 0.6 is 0 Å². The minimum Gasteiger partial charge on any atom is -0.481 e. The fourth-order valence-corrected chi connectivity index (χ4v) is 1.53. The lowest BCUT2D eigenvalue weighted by atomic mass is 10.2. The molecule has 1 aromatic rings. The van der Waals surface area contributed by atoms with E-state index in [9.17, 15) is 0 Å². The molecule has 0 saturated heterocycles. The molecule has 100 valence electrons. The van der Waals surface area contributed by atoms with E-state index in [1.807, 2.05) is 12.1 Å². The second-order valence-corrected chi connectivity index (χ2v) is 3.88. The van der Waals surface area contributed by atoms with Crippen molar-refractivity contribution in [2.24, 2.45) is 4.99 Å².